The minimum atomic E-state index is -0.903. The van der Waals surface area contributed by atoms with E-state index in [1.54, 1.807) is 0 Å². The monoisotopic (exact) mass is 1080 g/mol. The van der Waals surface area contributed by atoms with Gasteiger partial charge in [-0.15, -0.1) is 0 Å². The van der Waals surface area contributed by atoms with Crippen LogP contribution in [0.15, 0.2) is 48.6 Å². The van der Waals surface area contributed by atoms with E-state index in [9.17, 15) is 58.8 Å². The number of carboxylic acids is 8. The van der Waals surface area contributed by atoms with E-state index >= 15 is 0 Å². The standard InChI is InChI=1S/C17H22O4.C16H20O4.C15H18O4.C14H16O4/c18-14(19)4-3-10-11(7-15(20)21)13-6-12(10)16-8-1-2-9(5-8)17(13)16;17-13(18)5-9-10(6-14(19)20)12-4-11(9)15-7-1-2-8(3-7)16(12)15;16-11(17)5-9-8-4-10(14(9)15(18)19)13-7-2-1-6(3-7)12(8)13;15-13(16)11-7-4-8(12(11)14(17)18)10-6-2-1-5(3-6)9(7)10/h1-2,8-13,16-17H,3-7H2,(H,18,19)(H,20,21);1-2,7-12,15-16H,3-6H2,(H,17,18)(H,19,20);1-2,6-10,12-14H,3-5H2,(H,16,17)(H,18,19);1-2,5-12H,3-4H2,(H,15,16)(H,17,18). The zero-order chi connectivity index (χ0) is 54.7. The Kier molecular flexibility index (Phi) is 12.8. The summed E-state index contributed by atoms with van der Waals surface area (Å²) in [5.41, 5.74) is 0. The molecule has 0 aromatic carbocycles. The maximum atomic E-state index is 11.6. The summed E-state index contributed by atoms with van der Waals surface area (Å²) in [6.45, 7) is 0. The zero-order valence-electron chi connectivity index (χ0n) is 43.8. The normalized spacial score (nSPS) is 51.6. The van der Waals surface area contributed by atoms with Crippen LogP contribution in [0.25, 0.3) is 0 Å². The molecule has 16 heteroatoms. The van der Waals surface area contributed by atoms with Gasteiger partial charge in [0.05, 0.1) is 17.8 Å². The molecular weight excluding hydrogens is 1000 g/mol. The van der Waals surface area contributed by atoms with Crippen molar-refractivity contribution in [2.75, 3.05) is 0 Å². The minimum absolute atomic E-state index is 0.0302. The van der Waals surface area contributed by atoms with Crippen LogP contribution in [0.1, 0.15) is 89.9 Å². The number of carboxylic acid groups (broad SMARTS) is 8. The van der Waals surface area contributed by atoms with Crippen LogP contribution in [0.3, 0.4) is 0 Å². The molecule has 32 unspecified atom stereocenters. The van der Waals surface area contributed by atoms with Gasteiger partial charge in [-0.25, -0.2) is 0 Å². The van der Waals surface area contributed by atoms with Crippen molar-refractivity contribution >= 4 is 47.8 Å². The van der Waals surface area contributed by atoms with Crippen LogP contribution in [-0.4, -0.2) is 88.6 Å². The fourth-order valence-electron chi connectivity index (χ4n) is 24.5. The van der Waals surface area contributed by atoms with Crippen LogP contribution in [0.5, 0.6) is 0 Å². The fourth-order valence-corrected chi connectivity index (χ4v) is 24.5. The lowest BCUT2D eigenvalue weighted by molar-refractivity contribution is -0.159. The molecule has 16 nitrogen and oxygen atoms in total. The molecule has 12 saturated carbocycles. The van der Waals surface area contributed by atoms with E-state index in [1.807, 2.05) is 0 Å². The summed E-state index contributed by atoms with van der Waals surface area (Å²) in [6, 6.07) is 0. The Hall–Kier alpha value is -5.28. The maximum Gasteiger partial charge on any atom is 0.307 e. The molecule has 0 amide bonds. The van der Waals surface area contributed by atoms with Gasteiger partial charge in [-0.05, 0) is 229 Å². The van der Waals surface area contributed by atoms with Crippen molar-refractivity contribution in [3.05, 3.63) is 48.6 Å². The summed E-state index contributed by atoms with van der Waals surface area (Å²) in [5, 5.41) is 73.8. The van der Waals surface area contributed by atoms with Crippen molar-refractivity contribution in [3.8, 4) is 0 Å². The molecule has 420 valence electrons. The quantitative estimate of drug-likeness (QED) is 0.0600. The zero-order valence-corrected chi connectivity index (χ0v) is 43.8. The van der Waals surface area contributed by atoms with E-state index in [1.165, 1.54) is 19.3 Å². The molecule has 16 bridgehead atoms. The molecule has 0 heterocycles. The van der Waals surface area contributed by atoms with Gasteiger partial charge < -0.3 is 40.9 Å². The highest BCUT2D eigenvalue weighted by Gasteiger charge is 2.70. The number of aliphatic carboxylic acids is 8. The third kappa shape index (κ3) is 7.97. The Morgan fingerprint density at radius 2 is 0.500 bits per heavy atom. The fraction of sp³-hybridized carbons (Fsp3) is 0.742. The molecule has 16 aliphatic rings. The summed E-state index contributed by atoms with van der Waals surface area (Å²) in [7, 11) is 0. The van der Waals surface area contributed by atoms with E-state index < -0.39 is 65.5 Å². The Morgan fingerprint density at radius 3 is 0.795 bits per heavy atom. The summed E-state index contributed by atoms with van der Waals surface area (Å²) >= 11 is 0. The first kappa shape index (κ1) is 52.1. The number of rotatable bonds is 14. The Morgan fingerprint density at radius 1 is 0.269 bits per heavy atom. The Balaban J connectivity index is 0.0000000990. The molecule has 16 rings (SSSR count). The average Bonchev–Trinajstić information content (AvgIpc) is 3.62. The second-order valence-electron chi connectivity index (χ2n) is 27.9. The lowest BCUT2D eigenvalue weighted by atomic mass is 9.63. The molecule has 0 radical (unpaired) electrons. The largest absolute Gasteiger partial charge is 0.481 e. The second-order valence-corrected chi connectivity index (χ2v) is 27.9. The van der Waals surface area contributed by atoms with Crippen molar-refractivity contribution in [1.29, 1.82) is 0 Å². The van der Waals surface area contributed by atoms with Crippen molar-refractivity contribution in [2.45, 2.75) is 89.9 Å². The highest BCUT2D eigenvalue weighted by Crippen LogP contribution is 2.73. The van der Waals surface area contributed by atoms with Gasteiger partial charge >= 0.3 is 47.8 Å². The highest BCUT2D eigenvalue weighted by molar-refractivity contribution is 5.82. The highest BCUT2D eigenvalue weighted by atomic mass is 16.4. The second kappa shape index (κ2) is 19.2. The molecule has 0 spiro atoms. The van der Waals surface area contributed by atoms with Crippen LogP contribution in [0.4, 0.5) is 0 Å². The van der Waals surface area contributed by atoms with Gasteiger partial charge in [0.25, 0.3) is 0 Å². The number of hydrogen-bond acceptors (Lipinski definition) is 8. The van der Waals surface area contributed by atoms with Crippen molar-refractivity contribution in [1.82, 2.24) is 0 Å². The lowest BCUT2D eigenvalue weighted by Crippen LogP contribution is -2.43. The summed E-state index contributed by atoms with van der Waals surface area (Å²) in [5.74, 6) is 4.64. The molecular formula is C62H76O16. The van der Waals surface area contributed by atoms with Crippen LogP contribution < -0.4 is 0 Å². The molecule has 32 atom stereocenters. The van der Waals surface area contributed by atoms with Crippen molar-refractivity contribution < 1.29 is 79.2 Å². The maximum absolute atomic E-state index is 11.6. The third-order valence-electron chi connectivity index (χ3n) is 25.7. The lowest BCUT2D eigenvalue weighted by Gasteiger charge is -2.41. The molecule has 12 fully saturated rings. The molecule has 78 heavy (non-hydrogen) atoms. The summed E-state index contributed by atoms with van der Waals surface area (Å²) in [6.07, 6.45) is 28.6. The van der Waals surface area contributed by atoms with Gasteiger partial charge in [0.2, 0.25) is 0 Å². The smallest absolute Gasteiger partial charge is 0.307 e. The first-order chi connectivity index (χ1) is 37.3. The summed E-state index contributed by atoms with van der Waals surface area (Å²) in [4.78, 5) is 89.9. The van der Waals surface area contributed by atoms with Gasteiger partial charge in [0, 0.05) is 32.1 Å². The number of carbonyl (C=O) groups is 8. The van der Waals surface area contributed by atoms with Crippen molar-refractivity contribution in [3.63, 3.8) is 0 Å². The Bertz CT molecular complexity index is 2590. The number of allylic oxidation sites excluding steroid dienone is 8. The molecule has 8 N–H and O–H groups in total. The number of fused-ring (bicyclic) bond motifs is 36. The van der Waals surface area contributed by atoms with Gasteiger partial charge in [-0.1, -0.05) is 48.6 Å². The Labute approximate surface area is 453 Å². The first-order valence-electron chi connectivity index (χ1n) is 29.8. The van der Waals surface area contributed by atoms with Crippen LogP contribution >= 0.6 is 0 Å². The SMILES string of the molecule is O=C(O)C1C2CC(C1C(=O)O)C1C3C=CC(C3)C21.O=C(O)CC1C(CC(=O)O)C2CC1C1C3C=CC(C3)C21.O=C(O)CC1C2CC(C1C(=O)O)C1C3C=CC(C3)C21.O=C(O)CCC1C(CC(=O)O)C2CC1C1C3C=CC(C3)C21. The van der Waals surface area contributed by atoms with E-state index in [2.05, 4.69) is 48.6 Å². The minimum Gasteiger partial charge on any atom is -0.481 e. The van der Waals surface area contributed by atoms with E-state index in [0.717, 1.165) is 32.1 Å². The van der Waals surface area contributed by atoms with Gasteiger partial charge in [0.1, 0.15) is 0 Å². The van der Waals surface area contributed by atoms with Crippen LogP contribution in [-0.2, 0) is 38.4 Å². The first-order valence-corrected chi connectivity index (χ1v) is 29.8. The van der Waals surface area contributed by atoms with Gasteiger partial charge in [-0.2, -0.15) is 0 Å². The van der Waals surface area contributed by atoms with E-state index in [0.29, 0.717) is 137 Å². The van der Waals surface area contributed by atoms with Crippen molar-refractivity contribution in [2.24, 2.45) is 189 Å². The van der Waals surface area contributed by atoms with E-state index in [4.69, 9.17) is 20.4 Å². The topological polar surface area (TPSA) is 298 Å². The van der Waals surface area contributed by atoms with E-state index in [-0.39, 0.29) is 73.5 Å². The molecule has 0 aliphatic heterocycles. The van der Waals surface area contributed by atoms with Gasteiger partial charge in [-0.3, -0.25) is 38.4 Å². The molecule has 16 aliphatic carbocycles. The molecule has 0 aromatic rings. The molecule has 0 saturated heterocycles. The predicted molar refractivity (Wildman–Crippen MR) is 274 cm³/mol. The van der Waals surface area contributed by atoms with Crippen LogP contribution in [0.2, 0.25) is 0 Å². The third-order valence-corrected chi connectivity index (χ3v) is 25.7. The average molecular weight is 1080 g/mol. The van der Waals surface area contributed by atoms with Gasteiger partial charge in [0.15, 0.2) is 0 Å². The number of hydrogen-bond donors (Lipinski definition) is 8. The summed E-state index contributed by atoms with van der Waals surface area (Å²) < 4.78 is 0. The molecule has 0 aromatic heterocycles. The van der Waals surface area contributed by atoms with Crippen LogP contribution in [0, 0.1) is 189 Å². The predicted octanol–water partition coefficient (Wildman–Crippen LogP) is 8.24.